The van der Waals surface area contributed by atoms with Crippen molar-refractivity contribution in [3.8, 4) is 0 Å². The number of hydrogen-bond acceptors (Lipinski definition) is 3. The fraction of sp³-hybridized carbons (Fsp3) is 0.333. The summed E-state index contributed by atoms with van der Waals surface area (Å²) < 4.78 is 14.7. The highest BCUT2D eigenvalue weighted by Crippen LogP contribution is 2.17. The Kier molecular flexibility index (Phi) is 6.69. The molecule has 2 N–H and O–H groups in total. The summed E-state index contributed by atoms with van der Waals surface area (Å²) in [5.41, 5.74) is 0.341. The lowest BCUT2D eigenvalue weighted by molar-refractivity contribution is -0.123. The maximum atomic E-state index is 13.1. The van der Waals surface area contributed by atoms with Crippen molar-refractivity contribution in [2.75, 3.05) is 6.54 Å². The lowest BCUT2D eigenvalue weighted by atomic mass is 10.1. The first-order valence-corrected chi connectivity index (χ1v) is 7.92. The Bertz CT molecular complexity index is 730. The molecule has 1 aromatic carbocycles. The number of amides is 1. The first-order chi connectivity index (χ1) is 11.6. The zero-order valence-corrected chi connectivity index (χ0v) is 13.3. The quantitative estimate of drug-likeness (QED) is 0.727. The van der Waals surface area contributed by atoms with Crippen LogP contribution in [0.4, 0.5) is 4.39 Å². The van der Waals surface area contributed by atoms with Crippen molar-refractivity contribution < 1.29 is 14.3 Å². The number of carbonyl (C=O) groups excluding carboxylic acids is 1. The first-order valence-electron chi connectivity index (χ1n) is 7.92. The third-order valence-corrected chi connectivity index (χ3v) is 3.66. The van der Waals surface area contributed by atoms with E-state index < -0.39 is 11.9 Å². The number of aliphatic hydroxyl groups excluding tert-OH is 1. The number of aryl methyl sites for hydroxylation is 1. The number of carbonyl (C=O) groups is 1. The maximum absolute atomic E-state index is 13.1. The maximum Gasteiger partial charge on any atom is 0.250 e. The number of nitrogens with one attached hydrogen (secondary N) is 1. The number of rotatable bonds is 8. The molecule has 1 amide bonds. The molecule has 2 aromatic rings. The summed E-state index contributed by atoms with van der Waals surface area (Å²) >= 11 is 0. The fourth-order valence-corrected chi connectivity index (χ4v) is 2.36. The molecule has 0 radical (unpaired) electrons. The van der Waals surface area contributed by atoms with Gasteiger partial charge in [0.05, 0.1) is 12.5 Å². The van der Waals surface area contributed by atoms with Gasteiger partial charge in [-0.25, -0.2) is 4.39 Å². The second-order valence-electron chi connectivity index (χ2n) is 5.56. The molecule has 2 rings (SSSR count). The molecule has 0 spiro atoms. The molecule has 0 aliphatic heterocycles. The Morgan fingerprint density at radius 2 is 2.04 bits per heavy atom. The predicted molar refractivity (Wildman–Crippen MR) is 88.9 cm³/mol. The number of benzene rings is 1. The Hall–Kier alpha value is -2.47. The number of pyridine rings is 1. The third kappa shape index (κ3) is 5.62. The second kappa shape index (κ2) is 8.98. The van der Waals surface area contributed by atoms with Crippen LogP contribution in [-0.2, 0) is 11.3 Å². The fourth-order valence-electron chi connectivity index (χ4n) is 2.36. The monoisotopic (exact) mass is 332 g/mol. The lowest BCUT2D eigenvalue weighted by Crippen LogP contribution is -2.26. The van der Waals surface area contributed by atoms with Crippen molar-refractivity contribution in [2.24, 2.45) is 0 Å². The smallest absolute Gasteiger partial charge is 0.250 e. The highest BCUT2D eigenvalue weighted by atomic mass is 19.1. The molecular formula is C18H21FN2O3. The van der Waals surface area contributed by atoms with Gasteiger partial charge in [-0.3, -0.25) is 9.59 Å². The van der Waals surface area contributed by atoms with E-state index in [0.29, 0.717) is 18.7 Å². The predicted octanol–water partition coefficient (Wildman–Crippen LogP) is 2.01. The van der Waals surface area contributed by atoms with Crippen LogP contribution in [0.2, 0.25) is 0 Å². The average Bonchev–Trinajstić information content (AvgIpc) is 2.56. The second-order valence-corrected chi connectivity index (χ2v) is 5.56. The van der Waals surface area contributed by atoms with Crippen LogP contribution in [0.25, 0.3) is 0 Å². The van der Waals surface area contributed by atoms with Gasteiger partial charge in [0.15, 0.2) is 0 Å². The molecule has 1 atom stereocenters. The number of halogens is 1. The normalized spacial score (nSPS) is 11.9. The molecule has 1 aromatic heterocycles. The minimum atomic E-state index is -1.02. The van der Waals surface area contributed by atoms with Crippen LogP contribution >= 0.6 is 0 Å². The van der Waals surface area contributed by atoms with Crippen LogP contribution in [0.15, 0.2) is 53.5 Å². The van der Waals surface area contributed by atoms with E-state index in [2.05, 4.69) is 5.32 Å². The number of aliphatic hydroxyl groups is 1. The molecular weight excluding hydrogens is 311 g/mol. The van der Waals surface area contributed by atoms with Crippen LogP contribution in [0.3, 0.4) is 0 Å². The number of nitrogens with zero attached hydrogens (tertiary/aromatic N) is 1. The van der Waals surface area contributed by atoms with Gasteiger partial charge in [-0.1, -0.05) is 18.2 Å². The summed E-state index contributed by atoms with van der Waals surface area (Å²) in [6.07, 6.45) is 2.08. The van der Waals surface area contributed by atoms with Crippen LogP contribution in [0.1, 0.15) is 30.9 Å². The summed E-state index contributed by atoms with van der Waals surface area (Å²) in [4.78, 5) is 23.3. The highest BCUT2D eigenvalue weighted by molar-refractivity contribution is 5.76. The summed E-state index contributed by atoms with van der Waals surface area (Å²) in [6, 6.07) is 10.6. The summed E-state index contributed by atoms with van der Waals surface area (Å²) in [7, 11) is 0. The third-order valence-electron chi connectivity index (χ3n) is 3.66. The highest BCUT2D eigenvalue weighted by Gasteiger charge is 2.13. The van der Waals surface area contributed by atoms with Gasteiger partial charge in [0.1, 0.15) is 5.82 Å². The van der Waals surface area contributed by atoms with Crippen LogP contribution < -0.4 is 10.9 Å². The van der Waals surface area contributed by atoms with Crippen molar-refractivity contribution in [3.05, 3.63) is 70.4 Å². The van der Waals surface area contributed by atoms with E-state index in [9.17, 15) is 19.1 Å². The zero-order chi connectivity index (χ0) is 17.4. The van der Waals surface area contributed by atoms with Crippen molar-refractivity contribution >= 4 is 5.91 Å². The van der Waals surface area contributed by atoms with Crippen LogP contribution in [-0.4, -0.2) is 22.1 Å². The molecule has 5 nitrogen and oxygen atoms in total. The molecule has 0 saturated carbocycles. The van der Waals surface area contributed by atoms with Crippen LogP contribution in [0.5, 0.6) is 0 Å². The molecule has 1 unspecified atom stereocenters. The average molecular weight is 332 g/mol. The van der Waals surface area contributed by atoms with Gasteiger partial charge in [0, 0.05) is 25.4 Å². The van der Waals surface area contributed by atoms with Gasteiger partial charge in [-0.15, -0.1) is 0 Å². The summed E-state index contributed by atoms with van der Waals surface area (Å²) in [5.74, 6) is -0.730. The van der Waals surface area contributed by atoms with E-state index in [0.717, 1.165) is 12.8 Å². The van der Waals surface area contributed by atoms with Crippen molar-refractivity contribution in [1.29, 1.82) is 0 Å². The van der Waals surface area contributed by atoms with E-state index >= 15 is 0 Å². The first kappa shape index (κ1) is 17.9. The van der Waals surface area contributed by atoms with Gasteiger partial charge in [-0.05, 0) is 36.6 Å². The summed E-state index contributed by atoms with van der Waals surface area (Å²) in [5, 5.41) is 12.7. The van der Waals surface area contributed by atoms with Gasteiger partial charge >= 0.3 is 0 Å². The summed E-state index contributed by atoms with van der Waals surface area (Å²) in [6.45, 7) is 1.07. The number of hydrogen-bond donors (Lipinski definition) is 2. The Labute approximate surface area is 139 Å². The molecule has 1 heterocycles. The Morgan fingerprint density at radius 3 is 2.79 bits per heavy atom. The minimum Gasteiger partial charge on any atom is -0.388 e. The van der Waals surface area contributed by atoms with Crippen LogP contribution in [0, 0.1) is 5.82 Å². The molecule has 0 bridgehead atoms. The zero-order valence-electron chi connectivity index (χ0n) is 13.3. The molecule has 0 saturated heterocycles. The van der Waals surface area contributed by atoms with E-state index in [-0.39, 0.29) is 17.9 Å². The van der Waals surface area contributed by atoms with E-state index in [4.69, 9.17) is 0 Å². The SMILES string of the molecule is O=C(CC(O)c1cccc(F)c1)NCCCCn1ccccc1=O. The molecule has 128 valence electrons. The Morgan fingerprint density at radius 1 is 1.21 bits per heavy atom. The largest absolute Gasteiger partial charge is 0.388 e. The molecule has 24 heavy (non-hydrogen) atoms. The van der Waals surface area contributed by atoms with Crippen molar-refractivity contribution in [1.82, 2.24) is 9.88 Å². The van der Waals surface area contributed by atoms with E-state index in [1.807, 2.05) is 0 Å². The number of unbranched alkanes of at least 4 members (excludes halogenated alkanes) is 1. The number of aromatic nitrogens is 1. The lowest BCUT2D eigenvalue weighted by Gasteiger charge is -2.11. The minimum absolute atomic E-state index is 0.0419. The van der Waals surface area contributed by atoms with Gasteiger partial charge in [0.25, 0.3) is 0 Å². The molecule has 0 aliphatic rings. The Balaban J connectivity index is 1.66. The standard InChI is InChI=1S/C18H21FN2O3/c19-15-7-5-6-14(12-15)16(22)13-17(23)20-9-2-4-11-21-10-3-1-8-18(21)24/h1,3,5-8,10,12,16,22H,2,4,9,11,13H2,(H,20,23). The topological polar surface area (TPSA) is 71.3 Å². The molecule has 0 aliphatic carbocycles. The van der Waals surface area contributed by atoms with E-state index in [1.165, 1.54) is 24.3 Å². The molecule has 6 heteroatoms. The van der Waals surface area contributed by atoms with E-state index in [1.54, 1.807) is 29.0 Å². The van der Waals surface area contributed by atoms with Gasteiger partial charge in [0.2, 0.25) is 11.5 Å². The van der Waals surface area contributed by atoms with Gasteiger partial charge in [-0.2, -0.15) is 0 Å². The molecule has 0 fully saturated rings. The van der Waals surface area contributed by atoms with Crippen molar-refractivity contribution in [3.63, 3.8) is 0 Å². The van der Waals surface area contributed by atoms with Crippen molar-refractivity contribution in [2.45, 2.75) is 31.9 Å². The van der Waals surface area contributed by atoms with Gasteiger partial charge < -0.3 is 15.0 Å².